The highest BCUT2D eigenvalue weighted by Gasteiger charge is 2.35. The van der Waals surface area contributed by atoms with Crippen LogP contribution < -0.4 is 19.7 Å². The molecule has 0 aromatic heterocycles. The van der Waals surface area contributed by atoms with Crippen molar-refractivity contribution >= 4 is 33.2 Å². The van der Waals surface area contributed by atoms with Crippen LogP contribution in [0.15, 0.2) is 47.4 Å². The molecule has 4 rings (SSSR count). The number of amides is 2. The number of ether oxygens (including phenoxy) is 2. The first-order chi connectivity index (χ1) is 16.3. The first-order valence-electron chi connectivity index (χ1n) is 11.4. The molecule has 1 atom stereocenters. The second kappa shape index (κ2) is 10.0. The lowest BCUT2D eigenvalue weighted by Crippen LogP contribution is -2.31. The zero-order chi connectivity index (χ0) is 24.3. The zero-order valence-electron chi connectivity index (χ0n) is 19.3. The lowest BCUT2D eigenvalue weighted by atomic mass is 10.1. The summed E-state index contributed by atoms with van der Waals surface area (Å²) in [4.78, 5) is 27.2. The van der Waals surface area contributed by atoms with Gasteiger partial charge in [-0.05, 0) is 36.4 Å². The van der Waals surface area contributed by atoms with Crippen molar-refractivity contribution < 1.29 is 27.5 Å². The van der Waals surface area contributed by atoms with E-state index in [0.717, 1.165) is 6.42 Å². The van der Waals surface area contributed by atoms with E-state index in [1.54, 1.807) is 44.2 Å². The van der Waals surface area contributed by atoms with E-state index in [2.05, 4.69) is 5.32 Å². The fourth-order valence-electron chi connectivity index (χ4n) is 4.13. The topological polar surface area (TPSA) is 105 Å². The molecular weight excluding hydrogens is 458 g/mol. The Balaban J connectivity index is 1.43. The second-order valence-electron chi connectivity index (χ2n) is 8.19. The number of benzene rings is 2. The van der Waals surface area contributed by atoms with Gasteiger partial charge >= 0.3 is 0 Å². The Morgan fingerprint density at radius 1 is 1.06 bits per heavy atom. The van der Waals surface area contributed by atoms with E-state index < -0.39 is 15.9 Å². The van der Waals surface area contributed by atoms with Gasteiger partial charge in [0.15, 0.2) is 11.5 Å². The Bertz CT molecular complexity index is 1160. The van der Waals surface area contributed by atoms with Crippen molar-refractivity contribution in [1.82, 2.24) is 4.31 Å². The number of hydrogen-bond donors (Lipinski definition) is 1. The van der Waals surface area contributed by atoms with Gasteiger partial charge in [-0.25, -0.2) is 8.42 Å². The number of sulfonamides is 1. The molecule has 34 heavy (non-hydrogen) atoms. The number of hydrogen-bond acceptors (Lipinski definition) is 6. The number of nitrogens with one attached hydrogen (secondary N) is 1. The molecule has 0 unspecified atom stereocenters. The summed E-state index contributed by atoms with van der Waals surface area (Å²) in [6.07, 6.45) is 0.870. The maximum Gasteiger partial charge on any atom is 0.243 e. The number of carbonyl (C=O) groups is 2. The van der Waals surface area contributed by atoms with Gasteiger partial charge in [-0.15, -0.1) is 0 Å². The molecule has 2 amide bonds. The normalized spacial score (nSPS) is 18.1. The van der Waals surface area contributed by atoms with Crippen molar-refractivity contribution in [3.8, 4) is 11.5 Å². The molecule has 0 spiro atoms. The summed E-state index contributed by atoms with van der Waals surface area (Å²) in [6, 6.07) is 11.5. The smallest absolute Gasteiger partial charge is 0.243 e. The Labute approximate surface area is 199 Å². The molecule has 0 saturated carbocycles. The van der Waals surface area contributed by atoms with Crippen LogP contribution in [0.25, 0.3) is 0 Å². The Morgan fingerprint density at radius 2 is 1.74 bits per heavy atom. The highest BCUT2D eigenvalue weighted by atomic mass is 32.2. The van der Waals surface area contributed by atoms with Crippen LogP contribution in [0.2, 0.25) is 0 Å². The largest absolute Gasteiger partial charge is 0.490 e. The van der Waals surface area contributed by atoms with Crippen molar-refractivity contribution in [3.05, 3.63) is 42.5 Å². The number of carbonyl (C=O) groups excluding carboxylic acids is 2. The number of rotatable bonds is 7. The summed E-state index contributed by atoms with van der Waals surface area (Å²) >= 11 is 0. The molecule has 1 saturated heterocycles. The van der Waals surface area contributed by atoms with Crippen LogP contribution in [0.1, 0.15) is 26.7 Å². The van der Waals surface area contributed by atoms with Gasteiger partial charge in [-0.2, -0.15) is 4.31 Å². The van der Waals surface area contributed by atoms with Gasteiger partial charge in [0, 0.05) is 49.9 Å². The molecule has 2 aromatic carbocycles. The molecule has 2 aliphatic rings. The third kappa shape index (κ3) is 4.88. The minimum absolute atomic E-state index is 0.0792. The molecule has 2 heterocycles. The van der Waals surface area contributed by atoms with Crippen molar-refractivity contribution in [2.45, 2.75) is 31.6 Å². The fraction of sp³-hybridized carbons (Fsp3) is 0.417. The van der Waals surface area contributed by atoms with Gasteiger partial charge in [0.05, 0.1) is 24.0 Å². The molecule has 182 valence electrons. The number of anilines is 2. The van der Waals surface area contributed by atoms with Crippen molar-refractivity contribution in [2.75, 3.05) is 43.1 Å². The summed E-state index contributed by atoms with van der Waals surface area (Å²) in [5.41, 5.74) is 1.14. The average molecular weight is 488 g/mol. The van der Waals surface area contributed by atoms with Crippen LogP contribution in [-0.4, -0.2) is 57.4 Å². The Kier molecular flexibility index (Phi) is 7.08. The first-order valence-corrected chi connectivity index (χ1v) is 12.9. The van der Waals surface area contributed by atoms with E-state index in [0.29, 0.717) is 49.2 Å². The number of nitrogens with zero attached hydrogens (tertiary/aromatic N) is 2. The van der Waals surface area contributed by atoms with E-state index in [1.807, 2.05) is 0 Å². The monoisotopic (exact) mass is 487 g/mol. The zero-order valence-corrected chi connectivity index (χ0v) is 20.1. The minimum atomic E-state index is -3.58. The molecule has 0 aliphatic carbocycles. The quantitative estimate of drug-likeness (QED) is 0.644. The lowest BCUT2D eigenvalue weighted by molar-refractivity contribution is -0.122. The third-order valence-corrected chi connectivity index (χ3v) is 8.07. The minimum Gasteiger partial charge on any atom is -0.490 e. The second-order valence-corrected chi connectivity index (χ2v) is 10.1. The Hall–Kier alpha value is -3.11. The fourth-order valence-corrected chi connectivity index (χ4v) is 5.59. The van der Waals surface area contributed by atoms with Crippen LogP contribution in [-0.2, 0) is 19.6 Å². The van der Waals surface area contributed by atoms with Gasteiger partial charge in [0.25, 0.3) is 0 Å². The van der Waals surface area contributed by atoms with Gasteiger partial charge in [0.1, 0.15) is 0 Å². The molecule has 9 nitrogen and oxygen atoms in total. The molecule has 1 fully saturated rings. The Morgan fingerprint density at radius 3 is 2.41 bits per heavy atom. The maximum atomic E-state index is 12.9. The van der Waals surface area contributed by atoms with E-state index in [4.69, 9.17) is 9.47 Å². The SMILES string of the molecule is CCN(CC)S(=O)(=O)c1ccc(N2C[C@H](C(=O)Nc3ccc4c(c3)OCCCO4)CC2=O)cc1. The van der Waals surface area contributed by atoms with E-state index in [1.165, 1.54) is 21.3 Å². The predicted molar refractivity (Wildman–Crippen MR) is 128 cm³/mol. The maximum absolute atomic E-state index is 12.9. The standard InChI is InChI=1S/C24H29N3O6S/c1-3-26(4-2)34(30,31)20-9-7-19(8-10-20)27-16-17(14-23(27)28)24(29)25-18-6-11-21-22(15-18)33-13-5-12-32-21/h6-11,15,17H,3-5,12-14,16H2,1-2H3,(H,25,29)/t17-/m1/s1. The lowest BCUT2D eigenvalue weighted by Gasteiger charge is -2.20. The molecule has 0 bridgehead atoms. The van der Waals surface area contributed by atoms with Crippen LogP contribution in [0.5, 0.6) is 11.5 Å². The molecule has 2 aromatic rings. The van der Waals surface area contributed by atoms with E-state index >= 15 is 0 Å². The van der Waals surface area contributed by atoms with Crippen LogP contribution in [0, 0.1) is 5.92 Å². The molecule has 1 N–H and O–H groups in total. The summed E-state index contributed by atoms with van der Waals surface area (Å²) in [5, 5.41) is 2.86. The van der Waals surface area contributed by atoms with Crippen molar-refractivity contribution in [3.63, 3.8) is 0 Å². The summed E-state index contributed by atoms with van der Waals surface area (Å²) in [5.74, 6) is 0.259. The van der Waals surface area contributed by atoms with Gasteiger partial charge in [-0.1, -0.05) is 13.8 Å². The van der Waals surface area contributed by atoms with Crippen molar-refractivity contribution in [1.29, 1.82) is 0 Å². The molecule has 0 radical (unpaired) electrons. The molecule has 2 aliphatic heterocycles. The van der Waals surface area contributed by atoms with Gasteiger partial charge < -0.3 is 19.7 Å². The predicted octanol–water partition coefficient (Wildman–Crippen LogP) is 2.87. The first kappa shape index (κ1) is 24.0. The van der Waals surface area contributed by atoms with Gasteiger partial charge in [0.2, 0.25) is 21.8 Å². The van der Waals surface area contributed by atoms with Crippen molar-refractivity contribution in [2.24, 2.45) is 5.92 Å². The average Bonchev–Trinajstić information content (AvgIpc) is 3.06. The van der Waals surface area contributed by atoms with Crippen LogP contribution >= 0.6 is 0 Å². The highest BCUT2D eigenvalue weighted by Crippen LogP contribution is 2.33. The van der Waals surface area contributed by atoms with Gasteiger partial charge in [-0.3, -0.25) is 9.59 Å². The third-order valence-electron chi connectivity index (χ3n) is 6.00. The number of fused-ring (bicyclic) bond motifs is 1. The van der Waals surface area contributed by atoms with Crippen LogP contribution in [0.4, 0.5) is 11.4 Å². The van der Waals surface area contributed by atoms with E-state index in [9.17, 15) is 18.0 Å². The molecule has 10 heteroatoms. The van der Waals surface area contributed by atoms with Crippen LogP contribution in [0.3, 0.4) is 0 Å². The summed E-state index contributed by atoms with van der Waals surface area (Å²) in [6.45, 7) is 5.69. The summed E-state index contributed by atoms with van der Waals surface area (Å²) < 4.78 is 38.0. The summed E-state index contributed by atoms with van der Waals surface area (Å²) in [7, 11) is -3.58. The highest BCUT2D eigenvalue weighted by molar-refractivity contribution is 7.89. The van der Waals surface area contributed by atoms with E-state index in [-0.39, 0.29) is 29.7 Å². The molecular formula is C24H29N3O6S.